The smallest absolute Gasteiger partial charge is 0.0455 e. The Bertz CT molecular complexity index is 454. The Labute approximate surface area is 114 Å². The minimum absolute atomic E-state index is 0.530. The van der Waals surface area contributed by atoms with E-state index in [4.69, 9.17) is 11.6 Å². The summed E-state index contributed by atoms with van der Waals surface area (Å²) in [6, 6.07) is 6.99. The first-order valence-corrected chi connectivity index (χ1v) is 7.21. The number of halogens is 1. The fraction of sp³-hybridized carbons (Fsp3) is 0.600. The molecule has 1 saturated carbocycles. The summed E-state index contributed by atoms with van der Waals surface area (Å²) in [5.74, 6) is 0. The number of nitrogens with zero attached hydrogens (tertiary/aromatic N) is 1. The van der Waals surface area contributed by atoms with Crippen LogP contribution >= 0.6 is 11.6 Å². The van der Waals surface area contributed by atoms with Crippen LogP contribution in [0.25, 0.3) is 0 Å². The normalized spacial score (nSPS) is 26.2. The topological polar surface area (TPSA) is 15.3 Å². The van der Waals surface area contributed by atoms with Gasteiger partial charge < -0.3 is 10.2 Å². The minimum atomic E-state index is 0.530. The number of hydrogen-bond acceptors (Lipinski definition) is 2. The van der Waals surface area contributed by atoms with Gasteiger partial charge in [0.2, 0.25) is 0 Å². The molecule has 2 aliphatic rings. The lowest BCUT2D eigenvalue weighted by Crippen LogP contribution is -2.38. The van der Waals surface area contributed by atoms with E-state index < -0.39 is 0 Å². The number of aryl methyl sites for hydroxylation is 1. The van der Waals surface area contributed by atoms with E-state index in [0.29, 0.717) is 11.5 Å². The Morgan fingerprint density at radius 1 is 1.39 bits per heavy atom. The SMILES string of the molecule is Cc1ccc(N2CC3(CC3)CNCC2C)cc1Cl. The summed E-state index contributed by atoms with van der Waals surface area (Å²) in [5.41, 5.74) is 2.96. The molecule has 1 saturated heterocycles. The molecule has 1 N–H and O–H groups in total. The maximum atomic E-state index is 6.27. The molecule has 0 aromatic heterocycles. The summed E-state index contributed by atoms with van der Waals surface area (Å²) in [6.45, 7) is 7.76. The van der Waals surface area contributed by atoms with Crippen LogP contribution < -0.4 is 10.2 Å². The summed E-state index contributed by atoms with van der Waals surface area (Å²) in [7, 11) is 0. The predicted octanol–water partition coefficient (Wildman–Crippen LogP) is 3.23. The second-order valence-electron chi connectivity index (χ2n) is 6.04. The lowest BCUT2D eigenvalue weighted by molar-refractivity contribution is 0.500. The van der Waals surface area contributed by atoms with E-state index in [0.717, 1.165) is 17.1 Å². The van der Waals surface area contributed by atoms with Crippen LogP contribution in [0.4, 0.5) is 5.69 Å². The number of benzene rings is 1. The fourth-order valence-corrected chi connectivity index (χ4v) is 3.02. The van der Waals surface area contributed by atoms with Crippen LogP contribution in [0.3, 0.4) is 0 Å². The van der Waals surface area contributed by atoms with E-state index in [-0.39, 0.29) is 0 Å². The molecule has 0 radical (unpaired) electrons. The Kier molecular flexibility index (Phi) is 3.03. The van der Waals surface area contributed by atoms with E-state index in [1.165, 1.54) is 31.6 Å². The molecule has 0 amide bonds. The summed E-state index contributed by atoms with van der Waals surface area (Å²) in [4.78, 5) is 2.53. The van der Waals surface area contributed by atoms with Gasteiger partial charge in [-0.15, -0.1) is 0 Å². The molecule has 1 aromatic rings. The molecule has 1 aliphatic heterocycles. The second kappa shape index (κ2) is 4.43. The van der Waals surface area contributed by atoms with Crippen molar-refractivity contribution in [3.8, 4) is 0 Å². The molecule has 98 valence electrons. The molecule has 3 rings (SSSR count). The lowest BCUT2D eigenvalue weighted by atomic mass is 10.1. The van der Waals surface area contributed by atoms with Gasteiger partial charge in [0.25, 0.3) is 0 Å². The summed E-state index contributed by atoms with van der Waals surface area (Å²) in [5, 5.41) is 4.48. The summed E-state index contributed by atoms with van der Waals surface area (Å²) >= 11 is 6.27. The third-order valence-electron chi connectivity index (χ3n) is 4.42. The first kappa shape index (κ1) is 12.3. The van der Waals surface area contributed by atoms with Crippen molar-refractivity contribution in [3.63, 3.8) is 0 Å². The average molecular weight is 265 g/mol. The molecule has 0 bridgehead atoms. The van der Waals surface area contributed by atoms with Crippen LogP contribution in [-0.4, -0.2) is 25.7 Å². The molecule has 18 heavy (non-hydrogen) atoms. The van der Waals surface area contributed by atoms with E-state index in [2.05, 4.69) is 42.3 Å². The van der Waals surface area contributed by atoms with Gasteiger partial charge in [0.1, 0.15) is 0 Å². The second-order valence-corrected chi connectivity index (χ2v) is 6.45. The van der Waals surface area contributed by atoms with Crippen molar-refractivity contribution in [1.29, 1.82) is 0 Å². The maximum Gasteiger partial charge on any atom is 0.0455 e. The van der Waals surface area contributed by atoms with Crippen molar-refractivity contribution in [1.82, 2.24) is 5.32 Å². The standard InChI is InChI=1S/C15H21ClN2/c1-11-3-4-13(7-14(11)16)18-10-15(5-6-15)9-17-8-12(18)2/h3-4,7,12,17H,5-6,8-10H2,1-2H3. The molecular formula is C15H21ClN2. The predicted molar refractivity (Wildman–Crippen MR) is 77.5 cm³/mol. The Balaban J connectivity index is 1.89. The minimum Gasteiger partial charge on any atom is -0.367 e. The van der Waals surface area contributed by atoms with Crippen molar-refractivity contribution in [3.05, 3.63) is 28.8 Å². The van der Waals surface area contributed by atoms with E-state index in [9.17, 15) is 0 Å². The van der Waals surface area contributed by atoms with Crippen molar-refractivity contribution >= 4 is 17.3 Å². The molecule has 2 fully saturated rings. The van der Waals surface area contributed by atoms with Crippen molar-refractivity contribution in [2.75, 3.05) is 24.5 Å². The first-order valence-electron chi connectivity index (χ1n) is 6.83. The van der Waals surface area contributed by atoms with Gasteiger partial charge in [-0.2, -0.15) is 0 Å². The molecule has 1 heterocycles. The van der Waals surface area contributed by atoms with Crippen molar-refractivity contribution in [2.24, 2.45) is 5.41 Å². The van der Waals surface area contributed by atoms with Crippen LogP contribution in [0.1, 0.15) is 25.3 Å². The third-order valence-corrected chi connectivity index (χ3v) is 4.83. The number of anilines is 1. The number of rotatable bonds is 1. The molecule has 2 nitrogen and oxygen atoms in total. The van der Waals surface area contributed by atoms with Crippen LogP contribution in [0, 0.1) is 12.3 Å². The Morgan fingerprint density at radius 2 is 2.17 bits per heavy atom. The molecule has 3 heteroatoms. The van der Waals surface area contributed by atoms with Gasteiger partial charge in [0.05, 0.1) is 0 Å². The highest BCUT2D eigenvalue weighted by Gasteiger charge is 2.45. The van der Waals surface area contributed by atoms with Crippen molar-refractivity contribution in [2.45, 2.75) is 32.7 Å². The summed E-state index contributed by atoms with van der Waals surface area (Å²) in [6.07, 6.45) is 2.73. The van der Waals surface area contributed by atoms with Crippen LogP contribution in [-0.2, 0) is 0 Å². The highest BCUT2D eigenvalue weighted by atomic mass is 35.5. The van der Waals surface area contributed by atoms with E-state index in [1.54, 1.807) is 0 Å². The zero-order valence-electron chi connectivity index (χ0n) is 11.2. The average Bonchev–Trinajstić information content (AvgIpc) is 3.12. The van der Waals surface area contributed by atoms with E-state index >= 15 is 0 Å². The zero-order valence-corrected chi connectivity index (χ0v) is 11.9. The van der Waals surface area contributed by atoms with Gasteiger partial charge in [0.15, 0.2) is 0 Å². The van der Waals surface area contributed by atoms with Gasteiger partial charge in [-0.3, -0.25) is 0 Å². The highest BCUT2D eigenvalue weighted by molar-refractivity contribution is 6.31. The Morgan fingerprint density at radius 3 is 2.83 bits per heavy atom. The molecular weight excluding hydrogens is 244 g/mol. The van der Waals surface area contributed by atoms with E-state index in [1.807, 2.05) is 0 Å². The first-order chi connectivity index (χ1) is 8.60. The van der Waals surface area contributed by atoms with Gasteiger partial charge >= 0.3 is 0 Å². The van der Waals surface area contributed by atoms with Crippen molar-refractivity contribution < 1.29 is 0 Å². The fourth-order valence-electron chi connectivity index (χ4n) is 2.85. The molecule has 1 aromatic carbocycles. The largest absolute Gasteiger partial charge is 0.367 e. The zero-order chi connectivity index (χ0) is 12.8. The molecule has 1 unspecified atom stereocenters. The molecule has 1 atom stereocenters. The molecule has 1 spiro atoms. The van der Waals surface area contributed by atoms with Gasteiger partial charge in [-0.05, 0) is 44.4 Å². The van der Waals surface area contributed by atoms with Crippen LogP contribution in [0.2, 0.25) is 5.02 Å². The highest BCUT2D eigenvalue weighted by Crippen LogP contribution is 2.47. The quantitative estimate of drug-likeness (QED) is 0.838. The van der Waals surface area contributed by atoms with Gasteiger partial charge in [-0.1, -0.05) is 17.7 Å². The summed E-state index contributed by atoms with van der Waals surface area (Å²) < 4.78 is 0. The number of nitrogens with one attached hydrogen (secondary N) is 1. The third kappa shape index (κ3) is 2.24. The van der Waals surface area contributed by atoms with Gasteiger partial charge in [-0.25, -0.2) is 0 Å². The number of hydrogen-bond donors (Lipinski definition) is 1. The lowest BCUT2D eigenvalue weighted by Gasteiger charge is -2.31. The van der Waals surface area contributed by atoms with Crippen LogP contribution in [0.15, 0.2) is 18.2 Å². The van der Waals surface area contributed by atoms with Crippen LogP contribution in [0.5, 0.6) is 0 Å². The Hall–Kier alpha value is -0.730. The van der Waals surface area contributed by atoms with Gasteiger partial charge in [0, 0.05) is 41.8 Å². The maximum absolute atomic E-state index is 6.27. The monoisotopic (exact) mass is 264 g/mol. The molecule has 1 aliphatic carbocycles.